The first-order valence-electron chi connectivity index (χ1n) is 6.58. The minimum atomic E-state index is -0.958. The van der Waals surface area contributed by atoms with Gasteiger partial charge in [0.1, 0.15) is 0 Å². The fourth-order valence-electron chi connectivity index (χ4n) is 2.29. The van der Waals surface area contributed by atoms with Gasteiger partial charge in [0.15, 0.2) is 0 Å². The van der Waals surface area contributed by atoms with Crippen LogP contribution in [0.15, 0.2) is 30.5 Å². The average Bonchev–Trinajstić information content (AvgIpc) is 2.41. The topological polar surface area (TPSA) is 59.4 Å². The lowest BCUT2D eigenvalue weighted by Gasteiger charge is -2.24. The predicted octanol–water partition coefficient (Wildman–Crippen LogP) is 2.90. The van der Waals surface area contributed by atoms with Gasteiger partial charge in [-0.1, -0.05) is 19.1 Å². The van der Waals surface area contributed by atoms with E-state index in [0.29, 0.717) is 24.1 Å². The molecule has 0 bridgehead atoms. The number of hydrogen-bond acceptors (Lipinski definition) is 3. The van der Waals surface area contributed by atoms with Crippen LogP contribution in [0.4, 0.5) is 0 Å². The molecule has 0 amide bonds. The number of carbonyl (C=O) groups is 1. The summed E-state index contributed by atoms with van der Waals surface area (Å²) in [6.07, 6.45) is 8.13. The molecule has 0 aliphatic heterocycles. The summed E-state index contributed by atoms with van der Waals surface area (Å²) in [6, 6.07) is 3.18. The van der Waals surface area contributed by atoms with E-state index in [4.69, 9.17) is 9.84 Å². The lowest BCUT2D eigenvalue weighted by Crippen LogP contribution is -2.20. The summed E-state index contributed by atoms with van der Waals surface area (Å²) in [7, 11) is 0. The molecule has 0 saturated heterocycles. The number of aromatic nitrogens is 1. The lowest BCUT2D eigenvalue weighted by molar-refractivity contribution is 0.0613. The number of pyridine rings is 1. The van der Waals surface area contributed by atoms with Crippen molar-refractivity contribution in [1.29, 1.82) is 0 Å². The van der Waals surface area contributed by atoms with Crippen LogP contribution in [-0.4, -0.2) is 22.7 Å². The van der Waals surface area contributed by atoms with E-state index in [0.717, 1.165) is 12.8 Å². The molecule has 1 aliphatic rings. The lowest BCUT2D eigenvalue weighted by atomic mass is 9.85. The number of carboxylic acids is 1. The van der Waals surface area contributed by atoms with E-state index >= 15 is 0 Å². The molecule has 0 saturated carbocycles. The molecule has 19 heavy (non-hydrogen) atoms. The zero-order chi connectivity index (χ0) is 13.7. The third-order valence-corrected chi connectivity index (χ3v) is 3.61. The van der Waals surface area contributed by atoms with E-state index in [-0.39, 0.29) is 12.2 Å². The Morgan fingerprint density at radius 2 is 2.26 bits per heavy atom. The summed E-state index contributed by atoms with van der Waals surface area (Å²) >= 11 is 0. The number of rotatable bonds is 5. The first kappa shape index (κ1) is 13.7. The molecular formula is C15H19NO3. The SMILES string of the molecule is CC1CC=CCC1COCc1ncccc1C(=O)O. The van der Waals surface area contributed by atoms with Crippen molar-refractivity contribution in [3.05, 3.63) is 41.7 Å². The van der Waals surface area contributed by atoms with Gasteiger partial charge in [0.25, 0.3) is 0 Å². The normalized spacial score (nSPS) is 22.4. The molecule has 0 fully saturated rings. The van der Waals surface area contributed by atoms with Crippen molar-refractivity contribution >= 4 is 5.97 Å². The Kier molecular flexibility index (Phi) is 4.68. The van der Waals surface area contributed by atoms with Crippen LogP contribution in [0, 0.1) is 11.8 Å². The van der Waals surface area contributed by atoms with E-state index in [9.17, 15) is 4.79 Å². The number of carboxylic acid groups (broad SMARTS) is 1. The van der Waals surface area contributed by atoms with Crippen LogP contribution in [0.3, 0.4) is 0 Å². The molecule has 2 unspecified atom stereocenters. The molecule has 2 rings (SSSR count). The maximum absolute atomic E-state index is 11.0. The third-order valence-electron chi connectivity index (χ3n) is 3.61. The van der Waals surface area contributed by atoms with Gasteiger partial charge in [0.05, 0.1) is 24.5 Å². The molecule has 4 heteroatoms. The minimum absolute atomic E-state index is 0.221. The van der Waals surface area contributed by atoms with Gasteiger partial charge in [0.2, 0.25) is 0 Å². The minimum Gasteiger partial charge on any atom is -0.478 e. The molecule has 1 heterocycles. The standard InChI is InChI=1S/C15H19NO3/c1-11-5-2-3-6-12(11)9-19-10-14-13(15(17)18)7-4-8-16-14/h2-4,7-8,11-12H,5-6,9-10H2,1H3,(H,17,18). The maximum atomic E-state index is 11.0. The molecule has 102 valence electrons. The number of allylic oxidation sites excluding steroid dienone is 2. The van der Waals surface area contributed by atoms with Crippen molar-refractivity contribution in [3.8, 4) is 0 Å². The Hall–Kier alpha value is -1.68. The van der Waals surface area contributed by atoms with E-state index in [1.165, 1.54) is 0 Å². The number of nitrogens with zero attached hydrogens (tertiary/aromatic N) is 1. The number of aromatic carboxylic acids is 1. The van der Waals surface area contributed by atoms with Gasteiger partial charge in [-0.2, -0.15) is 0 Å². The second-order valence-electron chi connectivity index (χ2n) is 5.00. The van der Waals surface area contributed by atoms with Gasteiger partial charge >= 0.3 is 5.97 Å². The summed E-state index contributed by atoms with van der Waals surface area (Å²) in [6.45, 7) is 3.14. The highest BCUT2D eigenvalue weighted by Crippen LogP contribution is 2.25. The number of hydrogen-bond donors (Lipinski definition) is 1. The fraction of sp³-hybridized carbons (Fsp3) is 0.467. The average molecular weight is 261 g/mol. The summed E-state index contributed by atoms with van der Waals surface area (Å²) in [5.41, 5.74) is 0.716. The van der Waals surface area contributed by atoms with Crippen LogP contribution < -0.4 is 0 Å². The molecule has 1 aliphatic carbocycles. The Bertz CT molecular complexity index is 470. The van der Waals surface area contributed by atoms with Crippen molar-refractivity contribution in [1.82, 2.24) is 4.98 Å². The van der Waals surface area contributed by atoms with E-state index < -0.39 is 5.97 Å². The summed E-state index contributed by atoms with van der Waals surface area (Å²) < 4.78 is 5.66. The highest BCUT2D eigenvalue weighted by Gasteiger charge is 2.19. The van der Waals surface area contributed by atoms with Crippen LogP contribution in [0.25, 0.3) is 0 Å². The maximum Gasteiger partial charge on any atom is 0.337 e. The smallest absolute Gasteiger partial charge is 0.337 e. The van der Waals surface area contributed by atoms with Crippen LogP contribution in [0.5, 0.6) is 0 Å². The zero-order valence-corrected chi connectivity index (χ0v) is 11.1. The Labute approximate surface area is 113 Å². The van der Waals surface area contributed by atoms with Crippen LogP contribution in [0.1, 0.15) is 35.8 Å². The monoisotopic (exact) mass is 261 g/mol. The summed E-state index contributed by atoms with van der Waals surface area (Å²) in [5.74, 6) is 0.176. The summed E-state index contributed by atoms with van der Waals surface area (Å²) in [5, 5.41) is 9.05. The van der Waals surface area contributed by atoms with Crippen molar-refractivity contribution in [2.24, 2.45) is 11.8 Å². The van der Waals surface area contributed by atoms with Crippen molar-refractivity contribution < 1.29 is 14.6 Å². The van der Waals surface area contributed by atoms with Crippen molar-refractivity contribution in [3.63, 3.8) is 0 Å². The van der Waals surface area contributed by atoms with Gasteiger partial charge in [-0.05, 0) is 36.8 Å². The Morgan fingerprint density at radius 3 is 3.00 bits per heavy atom. The molecule has 1 N–H and O–H groups in total. The van der Waals surface area contributed by atoms with Gasteiger partial charge in [-0.15, -0.1) is 0 Å². The van der Waals surface area contributed by atoms with Crippen molar-refractivity contribution in [2.75, 3.05) is 6.61 Å². The van der Waals surface area contributed by atoms with Gasteiger partial charge in [-0.3, -0.25) is 4.98 Å². The Morgan fingerprint density at radius 1 is 1.47 bits per heavy atom. The van der Waals surface area contributed by atoms with Crippen molar-refractivity contribution in [2.45, 2.75) is 26.4 Å². The molecule has 1 aromatic heterocycles. The van der Waals surface area contributed by atoms with Gasteiger partial charge in [-0.25, -0.2) is 4.79 Å². The van der Waals surface area contributed by atoms with Gasteiger partial charge < -0.3 is 9.84 Å². The van der Waals surface area contributed by atoms with Crippen LogP contribution in [0.2, 0.25) is 0 Å². The molecule has 1 aromatic rings. The molecule has 0 radical (unpaired) electrons. The second kappa shape index (κ2) is 6.48. The van der Waals surface area contributed by atoms with Gasteiger partial charge in [0, 0.05) is 6.20 Å². The first-order valence-corrected chi connectivity index (χ1v) is 6.58. The highest BCUT2D eigenvalue weighted by atomic mass is 16.5. The molecule has 0 aromatic carbocycles. The van der Waals surface area contributed by atoms with E-state index in [1.54, 1.807) is 18.3 Å². The zero-order valence-electron chi connectivity index (χ0n) is 11.1. The number of ether oxygens (including phenoxy) is 1. The quantitative estimate of drug-likeness (QED) is 0.828. The molecule has 2 atom stereocenters. The fourth-order valence-corrected chi connectivity index (χ4v) is 2.29. The van der Waals surface area contributed by atoms with Crippen LogP contribution >= 0.6 is 0 Å². The third kappa shape index (κ3) is 3.64. The largest absolute Gasteiger partial charge is 0.478 e. The van der Waals surface area contributed by atoms with E-state index in [2.05, 4.69) is 24.1 Å². The van der Waals surface area contributed by atoms with E-state index in [1.807, 2.05) is 0 Å². The predicted molar refractivity (Wildman–Crippen MR) is 71.9 cm³/mol. The molecule has 4 nitrogen and oxygen atoms in total. The summed E-state index contributed by atoms with van der Waals surface area (Å²) in [4.78, 5) is 15.1. The first-order chi connectivity index (χ1) is 9.18. The van der Waals surface area contributed by atoms with Crippen LogP contribution in [-0.2, 0) is 11.3 Å². The Balaban J connectivity index is 1.89. The highest BCUT2D eigenvalue weighted by molar-refractivity contribution is 5.88. The molecular weight excluding hydrogens is 242 g/mol. The molecule has 0 spiro atoms. The second-order valence-corrected chi connectivity index (χ2v) is 5.00.